The lowest BCUT2D eigenvalue weighted by Crippen LogP contribution is -2.49. The van der Waals surface area contributed by atoms with Crippen LogP contribution in [0.4, 0.5) is 0 Å². The number of rotatable bonds is 5. The molecule has 4 heteroatoms. The molecule has 0 N–H and O–H groups in total. The molecule has 1 aliphatic heterocycles. The third kappa shape index (κ3) is 6.80. The van der Waals surface area contributed by atoms with Gasteiger partial charge >= 0.3 is 0 Å². The minimum atomic E-state index is 0.152. The van der Waals surface area contributed by atoms with Crippen LogP contribution < -0.4 is 0 Å². The molecule has 23 heavy (non-hydrogen) atoms. The first-order valence-electron chi connectivity index (χ1n) is 8.30. The van der Waals surface area contributed by atoms with Crippen LogP contribution in [0.5, 0.6) is 0 Å². The van der Waals surface area contributed by atoms with Crippen LogP contribution in [0.15, 0.2) is 36.4 Å². The van der Waals surface area contributed by atoms with Crippen LogP contribution in [0, 0.1) is 0 Å². The number of benzene rings is 1. The smallest absolute Gasteiger partial charge is 0.232 e. The topological polar surface area (TPSA) is 23.6 Å². The summed E-state index contributed by atoms with van der Waals surface area (Å²) in [5.74, 6) is 0.877. The van der Waals surface area contributed by atoms with Gasteiger partial charge in [-0.25, -0.2) is 0 Å². The number of thioether (sulfide) groups is 1. The molecule has 0 aromatic heterocycles. The maximum absolute atomic E-state index is 12.2. The first-order valence-corrected chi connectivity index (χ1v) is 9.28. The van der Waals surface area contributed by atoms with Crippen LogP contribution in [0.2, 0.25) is 0 Å². The Morgan fingerprint density at radius 1 is 1.13 bits per heavy atom. The number of carbonyl (C=O) groups is 1. The Labute approximate surface area is 144 Å². The Hall–Kier alpha value is -1.26. The fraction of sp³-hybridized carbons (Fsp3) is 0.526. The molecular formula is C19H28N2OS. The molecule has 3 nitrogen and oxygen atoms in total. The van der Waals surface area contributed by atoms with Gasteiger partial charge in [0.1, 0.15) is 0 Å². The van der Waals surface area contributed by atoms with E-state index in [0.29, 0.717) is 5.75 Å². The molecule has 1 amide bonds. The minimum Gasteiger partial charge on any atom is -0.339 e. The minimum absolute atomic E-state index is 0.152. The average molecular weight is 333 g/mol. The molecule has 0 bridgehead atoms. The van der Waals surface area contributed by atoms with Gasteiger partial charge in [-0.1, -0.05) is 63.3 Å². The van der Waals surface area contributed by atoms with E-state index in [4.69, 9.17) is 0 Å². The van der Waals surface area contributed by atoms with Crippen molar-refractivity contribution in [1.82, 2.24) is 9.80 Å². The van der Waals surface area contributed by atoms with Crippen molar-refractivity contribution >= 4 is 23.7 Å². The summed E-state index contributed by atoms with van der Waals surface area (Å²) in [4.78, 5) is 16.6. The van der Waals surface area contributed by atoms with Crippen LogP contribution >= 0.6 is 11.8 Å². The summed E-state index contributed by atoms with van der Waals surface area (Å²) in [5, 5.41) is 0. The maximum atomic E-state index is 12.2. The van der Waals surface area contributed by atoms with Gasteiger partial charge in [0, 0.05) is 37.5 Å². The zero-order valence-corrected chi connectivity index (χ0v) is 15.3. The van der Waals surface area contributed by atoms with E-state index in [0.717, 1.165) is 32.7 Å². The van der Waals surface area contributed by atoms with Crippen LogP contribution in [0.25, 0.3) is 6.08 Å². The molecule has 1 heterocycles. The summed E-state index contributed by atoms with van der Waals surface area (Å²) in [7, 11) is 0. The van der Waals surface area contributed by atoms with E-state index in [1.807, 2.05) is 11.0 Å². The third-order valence-corrected chi connectivity index (χ3v) is 5.08. The van der Waals surface area contributed by atoms with E-state index < -0.39 is 0 Å². The molecule has 1 aromatic carbocycles. The van der Waals surface area contributed by atoms with Gasteiger partial charge in [-0.15, -0.1) is 11.8 Å². The van der Waals surface area contributed by atoms with Crippen molar-refractivity contribution in [2.24, 2.45) is 0 Å². The van der Waals surface area contributed by atoms with Crippen molar-refractivity contribution in [2.75, 3.05) is 38.5 Å². The van der Waals surface area contributed by atoms with E-state index in [-0.39, 0.29) is 10.7 Å². The summed E-state index contributed by atoms with van der Waals surface area (Å²) in [6.45, 7) is 11.0. The molecule has 0 radical (unpaired) electrons. The number of amides is 1. The van der Waals surface area contributed by atoms with Gasteiger partial charge in [-0.05, 0) is 5.56 Å². The second kappa shape index (κ2) is 8.55. The van der Waals surface area contributed by atoms with Crippen molar-refractivity contribution in [3.8, 4) is 0 Å². The fourth-order valence-corrected chi connectivity index (χ4v) is 3.19. The Morgan fingerprint density at radius 3 is 2.39 bits per heavy atom. The number of nitrogens with zero attached hydrogens (tertiary/aromatic N) is 2. The highest BCUT2D eigenvalue weighted by Crippen LogP contribution is 2.23. The quantitative estimate of drug-likeness (QED) is 0.826. The van der Waals surface area contributed by atoms with Gasteiger partial charge in [-0.2, -0.15) is 0 Å². The molecule has 1 aliphatic rings. The van der Waals surface area contributed by atoms with Gasteiger partial charge < -0.3 is 4.90 Å². The predicted molar refractivity (Wildman–Crippen MR) is 101 cm³/mol. The molecule has 0 spiro atoms. The van der Waals surface area contributed by atoms with E-state index >= 15 is 0 Å². The average Bonchev–Trinajstić information content (AvgIpc) is 2.54. The number of carbonyl (C=O) groups excluding carboxylic acids is 1. The number of piperazine rings is 1. The van der Waals surface area contributed by atoms with Gasteiger partial charge in [0.2, 0.25) is 5.91 Å². The lowest BCUT2D eigenvalue weighted by atomic mass is 10.2. The molecule has 0 saturated carbocycles. The van der Waals surface area contributed by atoms with Gasteiger partial charge in [-0.3, -0.25) is 9.69 Å². The van der Waals surface area contributed by atoms with Crippen LogP contribution in [-0.4, -0.2) is 58.9 Å². The SMILES string of the molecule is CC(C)(C)SCC(=O)N1CCN(CC=Cc2ccccc2)CC1. The highest BCUT2D eigenvalue weighted by Gasteiger charge is 2.22. The Kier molecular flexibility index (Phi) is 6.72. The molecule has 1 fully saturated rings. The zero-order chi connectivity index (χ0) is 16.7. The van der Waals surface area contributed by atoms with Crippen molar-refractivity contribution < 1.29 is 4.79 Å². The summed E-state index contributed by atoms with van der Waals surface area (Å²) >= 11 is 1.73. The molecule has 1 aromatic rings. The molecule has 0 unspecified atom stereocenters. The summed E-state index contributed by atoms with van der Waals surface area (Å²) in [5.41, 5.74) is 1.24. The van der Waals surface area contributed by atoms with Crippen molar-refractivity contribution in [3.63, 3.8) is 0 Å². The van der Waals surface area contributed by atoms with Crippen LogP contribution in [0.3, 0.4) is 0 Å². The normalized spacial score (nSPS) is 16.9. The van der Waals surface area contributed by atoms with Gasteiger partial charge in [0.15, 0.2) is 0 Å². The van der Waals surface area contributed by atoms with E-state index in [1.165, 1.54) is 5.56 Å². The van der Waals surface area contributed by atoms with E-state index in [2.05, 4.69) is 62.1 Å². The second-order valence-electron chi connectivity index (χ2n) is 6.90. The molecule has 0 atom stereocenters. The first kappa shape index (κ1) is 18.1. The Morgan fingerprint density at radius 2 is 1.78 bits per heavy atom. The third-order valence-electron chi connectivity index (χ3n) is 3.83. The molecule has 0 aliphatic carbocycles. The first-order chi connectivity index (χ1) is 10.9. The Balaban J connectivity index is 1.69. The maximum Gasteiger partial charge on any atom is 0.232 e. The molecule has 2 rings (SSSR count). The summed E-state index contributed by atoms with van der Waals surface area (Å²) in [6.07, 6.45) is 4.37. The van der Waals surface area contributed by atoms with Crippen molar-refractivity contribution in [2.45, 2.75) is 25.5 Å². The Bertz CT molecular complexity index is 514. The van der Waals surface area contributed by atoms with E-state index in [9.17, 15) is 4.79 Å². The highest BCUT2D eigenvalue weighted by atomic mass is 32.2. The highest BCUT2D eigenvalue weighted by molar-refractivity contribution is 8.01. The fourth-order valence-electron chi connectivity index (χ4n) is 2.45. The lowest BCUT2D eigenvalue weighted by molar-refractivity contribution is -0.130. The molecular weight excluding hydrogens is 304 g/mol. The van der Waals surface area contributed by atoms with Crippen molar-refractivity contribution in [3.05, 3.63) is 42.0 Å². The van der Waals surface area contributed by atoms with Crippen molar-refractivity contribution in [1.29, 1.82) is 0 Å². The van der Waals surface area contributed by atoms with E-state index in [1.54, 1.807) is 11.8 Å². The van der Waals surface area contributed by atoms with Gasteiger partial charge in [0.05, 0.1) is 5.75 Å². The molecule has 1 saturated heterocycles. The zero-order valence-electron chi connectivity index (χ0n) is 14.5. The summed E-state index contributed by atoms with van der Waals surface area (Å²) in [6, 6.07) is 10.4. The van der Waals surface area contributed by atoms with Crippen LogP contribution in [-0.2, 0) is 4.79 Å². The second-order valence-corrected chi connectivity index (χ2v) is 8.70. The molecule has 126 valence electrons. The monoisotopic (exact) mass is 332 g/mol. The van der Waals surface area contributed by atoms with Gasteiger partial charge in [0.25, 0.3) is 0 Å². The predicted octanol–water partition coefficient (Wildman–Crippen LogP) is 3.38. The largest absolute Gasteiger partial charge is 0.339 e. The number of hydrogen-bond acceptors (Lipinski definition) is 3. The standard InChI is InChI=1S/C19H28N2OS/c1-19(2,3)23-16-18(22)21-14-12-20(13-15-21)11-7-10-17-8-5-4-6-9-17/h4-10H,11-16H2,1-3H3. The lowest BCUT2D eigenvalue weighted by Gasteiger charge is -2.34. The number of hydrogen-bond donors (Lipinski definition) is 0. The van der Waals surface area contributed by atoms with Crippen LogP contribution in [0.1, 0.15) is 26.3 Å². The summed E-state index contributed by atoms with van der Waals surface area (Å²) < 4.78 is 0.152.